The number of nitrogens with one attached hydrogen (secondary N) is 1. The molecule has 0 aromatic heterocycles. The Morgan fingerprint density at radius 3 is 2.48 bits per heavy atom. The van der Waals surface area contributed by atoms with E-state index in [0.717, 1.165) is 51.3 Å². The molecule has 5 nitrogen and oxygen atoms in total. The molecule has 3 atom stereocenters. The van der Waals surface area contributed by atoms with Gasteiger partial charge in [-0.05, 0) is 57.5 Å². The van der Waals surface area contributed by atoms with Gasteiger partial charge < -0.3 is 15.0 Å². The lowest BCUT2D eigenvalue weighted by molar-refractivity contribution is -0.0704. The highest BCUT2D eigenvalue weighted by atomic mass is 16.5. The molecule has 138 valence electrons. The van der Waals surface area contributed by atoms with Gasteiger partial charge in [0.05, 0.1) is 12.2 Å². The summed E-state index contributed by atoms with van der Waals surface area (Å²) in [4.78, 5) is 17.1. The topological polar surface area (TPSA) is 44.8 Å². The third-order valence-electron chi connectivity index (χ3n) is 5.17. The second kappa shape index (κ2) is 8.30. The summed E-state index contributed by atoms with van der Waals surface area (Å²) in [6, 6.07) is 8.16. The van der Waals surface area contributed by atoms with Crippen molar-refractivity contribution >= 4 is 5.91 Å². The van der Waals surface area contributed by atoms with Gasteiger partial charge in [0.15, 0.2) is 0 Å². The molecule has 0 spiro atoms. The van der Waals surface area contributed by atoms with E-state index in [1.54, 1.807) is 0 Å². The molecule has 3 unspecified atom stereocenters. The van der Waals surface area contributed by atoms with Crippen molar-refractivity contribution < 1.29 is 9.53 Å². The molecule has 2 saturated heterocycles. The van der Waals surface area contributed by atoms with E-state index < -0.39 is 0 Å². The number of hydrogen-bond donors (Lipinski definition) is 1. The van der Waals surface area contributed by atoms with Crippen molar-refractivity contribution in [3.05, 3.63) is 35.4 Å². The van der Waals surface area contributed by atoms with Gasteiger partial charge in [-0.2, -0.15) is 0 Å². The van der Waals surface area contributed by atoms with Crippen molar-refractivity contribution in [2.75, 3.05) is 39.8 Å². The molecule has 3 rings (SSSR count). The first-order valence-electron chi connectivity index (χ1n) is 9.45. The number of likely N-dealkylation sites (tertiary alicyclic amines) is 1. The van der Waals surface area contributed by atoms with Crippen LogP contribution in [0.1, 0.15) is 36.2 Å². The van der Waals surface area contributed by atoms with Crippen LogP contribution in [0.3, 0.4) is 0 Å². The van der Waals surface area contributed by atoms with Crippen molar-refractivity contribution in [1.29, 1.82) is 0 Å². The Morgan fingerprint density at radius 2 is 1.84 bits per heavy atom. The predicted octanol–water partition coefficient (Wildman–Crippen LogP) is 1.98. The second-order valence-electron chi connectivity index (χ2n) is 7.61. The van der Waals surface area contributed by atoms with Gasteiger partial charge in [0.25, 0.3) is 5.91 Å². The van der Waals surface area contributed by atoms with Gasteiger partial charge in [0.2, 0.25) is 0 Å². The van der Waals surface area contributed by atoms with Crippen LogP contribution < -0.4 is 5.32 Å². The lowest BCUT2D eigenvalue weighted by Gasteiger charge is -2.35. The molecule has 2 fully saturated rings. The Morgan fingerprint density at radius 1 is 1.16 bits per heavy atom. The summed E-state index contributed by atoms with van der Waals surface area (Å²) in [6.07, 6.45) is 1.66. The number of carbonyl (C=O) groups is 1. The zero-order valence-electron chi connectivity index (χ0n) is 15.7. The van der Waals surface area contributed by atoms with Crippen molar-refractivity contribution in [2.24, 2.45) is 5.92 Å². The SMILES string of the molecule is CNCC1CCN(C(=O)c2ccc(CN3CC(C)OC(C)C3)cc2)C1. The number of benzene rings is 1. The lowest BCUT2D eigenvalue weighted by Crippen LogP contribution is -2.44. The summed E-state index contributed by atoms with van der Waals surface area (Å²) in [5.41, 5.74) is 2.06. The van der Waals surface area contributed by atoms with Gasteiger partial charge in [-0.3, -0.25) is 9.69 Å². The molecule has 5 heteroatoms. The molecule has 25 heavy (non-hydrogen) atoms. The molecule has 0 radical (unpaired) electrons. The summed E-state index contributed by atoms with van der Waals surface area (Å²) in [6.45, 7) is 9.82. The number of morpholine rings is 1. The molecule has 1 aromatic rings. The second-order valence-corrected chi connectivity index (χ2v) is 7.61. The number of carbonyl (C=O) groups excluding carboxylic acids is 1. The third kappa shape index (κ3) is 4.81. The van der Waals surface area contributed by atoms with Crippen molar-refractivity contribution in [3.8, 4) is 0 Å². The Balaban J connectivity index is 1.56. The molecule has 1 N–H and O–H groups in total. The highest BCUT2D eigenvalue weighted by molar-refractivity contribution is 5.94. The van der Waals surface area contributed by atoms with Crippen LogP contribution in [0, 0.1) is 5.92 Å². The molecule has 0 bridgehead atoms. The Bertz CT molecular complexity index is 565. The highest BCUT2D eigenvalue weighted by Crippen LogP contribution is 2.19. The number of nitrogens with zero attached hydrogens (tertiary/aromatic N) is 2. The number of rotatable bonds is 5. The van der Waals surface area contributed by atoms with Gasteiger partial charge >= 0.3 is 0 Å². The predicted molar refractivity (Wildman–Crippen MR) is 99.7 cm³/mol. The van der Waals surface area contributed by atoms with E-state index in [-0.39, 0.29) is 18.1 Å². The number of amides is 1. The van der Waals surface area contributed by atoms with Crippen molar-refractivity contribution in [3.63, 3.8) is 0 Å². The van der Waals surface area contributed by atoms with E-state index in [4.69, 9.17) is 4.74 Å². The van der Waals surface area contributed by atoms with Crippen LogP contribution in [-0.4, -0.2) is 67.7 Å². The van der Waals surface area contributed by atoms with Crippen LogP contribution in [0.25, 0.3) is 0 Å². The quantitative estimate of drug-likeness (QED) is 0.886. The Labute approximate surface area is 151 Å². The molecular weight excluding hydrogens is 314 g/mol. The standard InChI is InChI=1S/C20H31N3O2/c1-15-11-22(12-16(2)25-15)13-17-4-6-19(7-5-17)20(24)23-9-8-18(14-23)10-21-3/h4-7,15-16,18,21H,8-14H2,1-3H3. The van der Waals surface area contributed by atoms with Crippen molar-refractivity contribution in [2.45, 2.75) is 39.0 Å². The Kier molecular flexibility index (Phi) is 6.10. The van der Waals surface area contributed by atoms with E-state index in [0.29, 0.717) is 5.92 Å². The Hall–Kier alpha value is -1.43. The van der Waals surface area contributed by atoms with E-state index in [1.807, 2.05) is 24.1 Å². The van der Waals surface area contributed by atoms with Crippen LogP contribution in [-0.2, 0) is 11.3 Å². The lowest BCUT2D eigenvalue weighted by atomic mass is 10.1. The third-order valence-corrected chi connectivity index (χ3v) is 5.17. The average Bonchev–Trinajstić information content (AvgIpc) is 3.03. The maximum Gasteiger partial charge on any atom is 0.253 e. The van der Waals surface area contributed by atoms with E-state index in [9.17, 15) is 4.79 Å². The zero-order chi connectivity index (χ0) is 17.8. The van der Waals surface area contributed by atoms with Gasteiger partial charge in [0, 0.05) is 38.3 Å². The fourth-order valence-corrected chi connectivity index (χ4v) is 4.08. The van der Waals surface area contributed by atoms with Crippen LogP contribution in [0.4, 0.5) is 0 Å². The molecule has 1 aromatic carbocycles. The minimum Gasteiger partial charge on any atom is -0.373 e. The normalized spacial score (nSPS) is 27.6. The highest BCUT2D eigenvalue weighted by Gasteiger charge is 2.26. The molecule has 1 amide bonds. The summed E-state index contributed by atoms with van der Waals surface area (Å²) in [5.74, 6) is 0.747. The molecular formula is C20H31N3O2. The fraction of sp³-hybridized carbons (Fsp3) is 0.650. The number of ether oxygens (including phenoxy) is 1. The maximum absolute atomic E-state index is 12.7. The van der Waals surface area contributed by atoms with Gasteiger partial charge in [0.1, 0.15) is 0 Å². The largest absolute Gasteiger partial charge is 0.373 e. The van der Waals surface area contributed by atoms with Crippen LogP contribution in [0.15, 0.2) is 24.3 Å². The van der Waals surface area contributed by atoms with Crippen molar-refractivity contribution in [1.82, 2.24) is 15.1 Å². The summed E-state index contributed by atoms with van der Waals surface area (Å²) in [5, 5.41) is 3.21. The first-order chi connectivity index (χ1) is 12.0. The van der Waals surface area contributed by atoms with Gasteiger partial charge in [-0.1, -0.05) is 12.1 Å². The minimum absolute atomic E-state index is 0.166. The van der Waals surface area contributed by atoms with E-state index in [2.05, 4.69) is 36.2 Å². The first-order valence-corrected chi connectivity index (χ1v) is 9.45. The average molecular weight is 345 g/mol. The summed E-state index contributed by atoms with van der Waals surface area (Å²) >= 11 is 0. The smallest absolute Gasteiger partial charge is 0.253 e. The fourth-order valence-electron chi connectivity index (χ4n) is 4.08. The van der Waals surface area contributed by atoms with Crippen LogP contribution in [0.2, 0.25) is 0 Å². The van der Waals surface area contributed by atoms with Gasteiger partial charge in [-0.25, -0.2) is 0 Å². The summed E-state index contributed by atoms with van der Waals surface area (Å²) < 4.78 is 5.79. The molecule has 2 aliphatic rings. The molecule has 0 aliphatic carbocycles. The maximum atomic E-state index is 12.7. The molecule has 2 heterocycles. The number of hydrogen-bond acceptors (Lipinski definition) is 4. The van der Waals surface area contributed by atoms with Crippen LogP contribution >= 0.6 is 0 Å². The van der Waals surface area contributed by atoms with E-state index in [1.165, 1.54) is 5.56 Å². The van der Waals surface area contributed by atoms with Crippen LogP contribution in [0.5, 0.6) is 0 Å². The molecule has 0 saturated carbocycles. The zero-order valence-corrected chi connectivity index (χ0v) is 15.7. The monoisotopic (exact) mass is 345 g/mol. The van der Waals surface area contributed by atoms with Gasteiger partial charge in [-0.15, -0.1) is 0 Å². The minimum atomic E-state index is 0.166. The summed E-state index contributed by atoms with van der Waals surface area (Å²) in [7, 11) is 1.97. The first kappa shape index (κ1) is 18.4. The molecule has 2 aliphatic heterocycles. The van der Waals surface area contributed by atoms with E-state index >= 15 is 0 Å².